The van der Waals surface area contributed by atoms with E-state index in [0.717, 1.165) is 69.1 Å². The Labute approximate surface area is 249 Å². The number of ether oxygens (including phenoxy) is 1. The van der Waals surface area contributed by atoms with E-state index >= 15 is 0 Å². The molecule has 2 aromatic carbocycles. The van der Waals surface area contributed by atoms with Crippen LogP contribution in [0, 0.1) is 5.92 Å². The zero-order valence-corrected chi connectivity index (χ0v) is 24.8. The standard InChI is InChI=1S/C33H42ClN5O2/c1-2-41-32-28(9-6-15-36-32)24-38-19-21-39(22-20-38)33(40)31(35)26-12-16-37(17-13-26)18-14-27-23-29(34)10-11-30(27)25-7-4-3-5-8-25/h3-11,15,23,26,31H,2,12-14,16-22,24,35H2,1H3/t31-/m1/s1. The number of carbonyl (C=O) groups excluding carboxylic acids is 1. The molecule has 2 saturated heterocycles. The van der Waals surface area contributed by atoms with Crippen molar-refractivity contribution in [2.24, 2.45) is 11.7 Å². The lowest BCUT2D eigenvalue weighted by atomic mass is 9.88. The third-order valence-electron chi connectivity index (χ3n) is 8.48. The van der Waals surface area contributed by atoms with Crippen molar-refractivity contribution in [1.82, 2.24) is 19.7 Å². The molecule has 0 unspecified atom stereocenters. The van der Waals surface area contributed by atoms with Gasteiger partial charge in [-0.2, -0.15) is 0 Å². The second-order valence-corrected chi connectivity index (χ2v) is 11.6. The van der Waals surface area contributed by atoms with Crippen LogP contribution in [0.3, 0.4) is 0 Å². The summed E-state index contributed by atoms with van der Waals surface area (Å²) < 4.78 is 5.68. The average molecular weight is 576 g/mol. The molecule has 218 valence electrons. The van der Waals surface area contributed by atoms with Crippen LogP contribution in [0.25, 0.3) is 11.1 Å². The van der Waals surface area contributed by atoms with Gasteiger partial charge in [0.2, 0.25) is 11.8 Å². The van der Waals surface area contributed by atoms with E-state index in [9.17, 15) is 4.79 Å². The Morgan fingerprint density at radius 2 is 1.73 bits per heavy atom. The number of nitrogens with two attached hydrogens (primary N) is 1. The SMILES string of the molecule is CCOc1ncccc1CN1CCN(C(=O)[C@H](N)C2CCN(CCc3cc(Cl)ccc3-c3ccccc3)CC2)CC1. The van der Waals surface area contributed by atoms with Crippen molar-refractivity contribution in [3.63, 3.8) is 0 Å². The second-order valence-electron chi connectivity index (χ2n) is 11.1. The molecule has 0 aliphatic carbocycles. The number of piperazine rings is 1. The smallest absolute Gasteiger partial charge is 0.239 e. The number of benzene rings is 2. The van der Waals surface area contributed by atoms with Crippen molar-refractivity contribution in [3.05, 3.63) is 83.0 Å². The Morgan fingerprint density at radius 3 is 2.46 bits per heavy atom. The molecule has 2 aliphatic rings. The Kier molecular flexibility index (Phi) is 10.3. The van der Waals surface area contributed by atoms with Gasteiger partial charge in [-0.25, -0.2) is 4.98 Å². The van der Waals surface area contributed by atoms with Crippen LogP contribution in [0.4, 0.5) is 0 Å². The van der Waals surface area contributed by atoms with Gasteiger partial charge in [0.25, 0.3) is 0 Å². The average Bonchev–Trinajstić information content (AvgIpc) is 3.01. The summed E-state index contributed by atoms with van der Waals surface area (Å²) >= 11 is 6.36. The van der Waals surface area contributed by atoms with Gasteiger partial charge in [-0.1, -0.05) is 54.1 Å². The number of hydrogen-bond acceptors (Lipinski definition) is 6. The lowest BCUT2D eigenvalue weighted by Crippen LogP contribution is -2.55. The number of pyridine rings is 1. The molecule has 0 saturated carbocycles. The van der Waals surface area contributed by atoms with Crippen molar-refractivity contribution in [2.75, 3.05) is 52.4 Å². The van der Waals surface area contributed by atoms with Crippen LogP contribution < -0.4 is 10.5 Å². The van der Waals surface area contributed by atoms with Gasteiger partial charge in [0.05, 0.1) is 12.6 Å². The Balaban J connectivity index is 1.07. The highest BCUT2D eigenvalue weighted by atomic mass is 35.5. The second kappa shape index (κ2) is 14.3. The molecule has 3 aromatic rings. The minimum Gasteiger partial charge on any atom is -0.478 e. The van der Waals surface area contributed by atoms with E-state index in [1.165, 1.54) is 16.7 Å². The first-order valence-electron chi connectivity index (χ1n) is 14.9. The first-order chi connectivity index (χ1) is 20.0. The molecule has 1 aromatic heterocycles. The van der Waals surface area contributed by atoms with Gasteiger partial charge in [0.15, 0.2) is 0 Å². The summed E-state index contributed by atoms with van der Waals surface area (Å²) in [7, 11) is 0. The monoisotopic (exact) mass is 575 g/mol. The highest BCUT2D eigenvalue weighted by Crippen LogP contribution is 2.28. The maximum atomic E-state index is 13.3. The predicted octanol–water partition coefficient (Wildman–Crippen LogP) is 4.73. The van der Waals surface area contributed by atoms with Crippen molar-refractivity contribution >= 4 is 17.5 Å². The summed E-state index contributed by atoms with van der Waals surface area (Å²) in [5.41, 5.74) is 11.4. The van der Waals surface area contributed by atoms with Gasteiger partial charge in [0, 0.05) is 56.1 Å². The molecular formula is C33H42ClN5O2. The van der Waals surface area contributed by atoms with E-state index in [1.54, 1.807) is 6.20 Å². The Bertz CT molecular complexity index is 1270. The maximum Gasteiger partial charge on any atom is 0.239 e. The van der Waals surface area contributed by atoms with Crippen LogP contribution >= 0.6 is 11.6 Å². The van der Waals surface area contributed by atoms with Gasteiger partial charge in [0.1, 0.15) is 0 Å². The number of halogens is 1. The highest BCUT2D eigenvalue weighted by Gasteiger charge is 2.32. The number of amides is 1. The summed E-state index contributed by atoms with van der Waals surface area (Å²) in [6.45, 7) is 9.31. The summed E-state index contributed by atoms with van der Waals surface area (Å²) in [6.07, 6.45) is 4.61. The molecule has 5 rings (SSSR count). The minimum atomic E-state index is -0.427. The molecule has 7 nitrogen and oxygen atoms in total. The zero-order chi connectivity index (χ0) is 28.6. The van der Waals surface area contributed by atoms with Gasteiger partial charge in [-0.05, 0) is 80.1 Å². The van der Waals surface area contributed by atoms with Crippen LogP contribution in [-0.2, 0) is 17.8 Å². The first kappa shape index (κ1) is 29.5. The predicted molar refractivity (Wildman–Crippen MR) is 165 cm³/mol. The number of hydrogen-bond donors (Lipinski definition) is 1. The zero-order valence-electron chi connectivity index (χ0n) is 24.1. The largest absolute Gasteiger partial charge is 0.478 e. The molecule has 0 spiro atoms. The molecule has 1 atom stereocenters. The van der Waals surface area contributed by atoms with E-state index in [-0.39, 0.29) is 11.8 Å². The number of piperidine rings is 1. The number of carbonyl (C=O) groups is 1. The molecule has 2 fully saturated rings. The normalized spacial score (nSPS) is 17.9. The lowest BCUT2D eigenvalue weighted by Gasteiger charge is -2.39. The van der Waals surface area contributed by atoms with E-state index in [4.69, 9.17) is 22.1 Å². The summed E-state index contributed by atoms with van der Waals surface area (Å²) in [4.78, 5) is 24.5. The van der Waals surface area contributed by atoms with Gasteiger partial charge in [-0.15, -0.1) is 0 Å². The third-order valence-corrected chi connectivity index (χ3v) is 8.72. The number of likely N-dealkylation sites (tertiary alicyclic amines) is 1. The third kappa shape index (κ3) is 7.66. The number of rotatable bonds is 10. The maximum absolute atomic E-state index is 13.3. The molecule has 2 aliphatic heterocycles. The van der Waals surface area contributed by atoms with E-state index < -0.39 is 6.04 Å². The molecule has 1 amide bonds. The van der Waals surface area contributed by atoms with Gasteiger partial charge in [-0.3, -0.25) is 9.69 Å². The van der Waals surface area contributed by atoms with Crippen LogP contribution in [0.1, 0.15) is 30.9 Å². The van der Waals surface area contributed by atoms with E-state index in [2.05, 4.69) is 57.2 Å². The Morgan fingerprint density at radius 1 is 0.976 bits per heavy atom. The summed E-state index contributed by atoms with van der Waals surface area (Å²) in [6, 6.07) is 20.3. The van der Waals surface area contributed by atoms with Gasteiger partial charge >= 0.3 is 0 Å². The fourth-order valence-corrected chi connectivity index (χ4v) is 6.27. The van der Waals surface area contributed by atoms with Crippen molar-refractivity contribution in [3.8, 4) is 17.0 Å². The molecule has 8 heteroatoms. The van der Waals surface area contributed by atoms with Crippen LogP contribution in [0.2, 0.25) is 5.02 Å². The lowest BCUT2D eigenvalue weighted by molar-refractivity contribution is -0.136. The quantitative estimate of drug-likeness (QED) is 0.377. The molecule has 3 heterocycles. The number of nitrogens with zero attached hydrogens (tertiary/aromatic N) is 4. The van der Waals surface area contributed by atoms with E-state index in [0.29, 0.717) is 25.6 Å². The highest BCUT2D eigenvalue weighted by molar-refractivity contribution is 6.30. The topological polar surface area (TPSA) is 74.9 Å². The fourth-order valence-electron chi connectivity index (χ4n) is 6.07. The van der Waals surface area contributed by atoms with E-state index in [1.807, 2.05) is 30.0 Å². The molecule has 41 heavy (non-hydrogen) atoms. The molecule has 2 N–H and O–H groups in total. The minimum absolute atomic E-state index is 0.103. The van der Waals surface area contributed by atoms with Gasteiger partial charge < -0.3 is 20.3 Å². The molecule has 0 bridgehead atoms. The van der Waals surface area contributed by atoms with Crippen LogP contribution in [-0.4, -0.2) is 84.1 Å². The first-order valence-corrected chi connectivity index (χ1v) is 15.3. The summed E-state index contributed by atoms with van der Waals surface area (Å²) in [5, 5.41) is 0.774. The van der Waals surface area contributed by atoms with Crippen LogP contribution in [0.15, 0.2) is 66.9 Å². The van der Waals surface area contributed by atoms with Crippen molar-refractivity contribution in [1.29, 1.82) is 0 Å². The van der Waals surface area contributed by atoms with Crippen LogP contribution in [0.5, 0.6) is 5.88 Å². The van der Waals surface area contributed by atoms with Crippen molar-refractivity contribution < 1.29 is 9.53 Å². The molecule has 0 radical (unpaired) electrons. The summed E-state index contributed by atoms with van der Waals surface area (Å²) in [5.74, 6) is 1.03. The fraction of sp³-hybridized carbons (Fsp3) is 0.455. The van der Waals surface area contributed by atoms with Crippen molar-refractivity contribution in [2.45, 2.75) is 38.8 Å². The molecular weight excluding hydrogens is 534 g/mol. The number of aromatic nitrogens is 1. The Hall–Kier alpha value is -2.97.